The average molecular weight is 730 g/mol. The van der Waals surface area contributed by atoms with Crippen molar-refractivity contribution in [3.8, 4) is 22.5 Å². The van der Waals surface area contributed by atoms with Crippen LogP contribution in [0.25, 0.3) is 28.3 Å². The van der Waals surface area contributed by atoms with Crippen molar-refractivity contribution < 1.29 is 31.0 Å². The van der Waals surface area contributed by atoms with Gasteiger partial charge in [0.1, 0.15) is 5.76 Å². The number of ketones is 1. The Kier molecular flexibility index (Phi) is 12.9. The van der Waals surface area contributed by atoms with Crippen LogP contribution in [0, 0.1) is 18.2 Å². The summed E-state index contributed by atoms with van der Waals surface area (Å²) in [6, 6.07) is 51.2. The van der Waals surface area contributed by atoms with E-state index >= 15 is 0 Å². The van der Waals surface area contributed by atoms with Gasteiger partial charge in [0.25, 0.3) is 0 Å². The first-order valence-corrected chi connectivity index (χ1v) is 13.1. The maximum Gasteiger partial charge on any atom is 0.350 e. The fourth-order valence-corrected chi connectivity index (χ4v) is 3.80. The van der Waals surface area contributed by atoms with Gasteiger partial charge in [0.2, 0.25) is 0 Å². The van der Waals surface area contributed by atoms with Crippen LogP contribution in [-0.2, 0) is 28.1 Å². The fraction of sp³-hybridized carbons (Fsp3) is 0.0270. The van der Waals surface area contributed by atoms with Gasteiger partial charge in [-0.2, -0.15) is 60.7 Å². The molecule has 0 bridgehead atoms. The van der Waals surface area contributed by atoms with Gasteiger partial charge in [-0.15, -0.1) is 12.1 Å². The molecule has 0 atom stereocenters. The summed E-state index contributed by atoms with van der Waals surface area (Å²) in [4.78, 5) is 14.1. The molecule has 5 heteroatoms. The minimum absolute atomic E-state index is 0. The van der Waals surface area contributed by atoms with Crippen molar-refractivity contribution in [3.63, 3.8) is 0 Å². The molecule has 2 N–H and O–H groups in total. The van der Waals surface area contributed by atoms with Crippen LogP contribution in [-0.4, -0.2) is 25.2 Å². The third-order valence-electron chi connectivity index (χ3n) is 5.90. The third-order valence-corrected chi connectivity index (χ3v) is 5.90. The summed E-state index contributed by atoms with van der Waals surface area (Å²) < 4.78 is 2.00. The molecule has 6 rings (SSSR count). The van der Waals surface area contributed by atoms with Gasteiger partial charge in [-0.3, -0.25) is 4.79 Å². The topological polar surface area (TPSA) is 59.4 Å². The number of carbonyl (C=O) groups excluding carboxylic acids is 1. The van der Waals surface area contributed by atoms with Gasteiger partial charge >= 0.3 is 5.78 Å². The van der Waals surface area contributed by atoms with E-state index in [1.165, 1.54) is 6.08 Å². The molecule has 0 amide bonds. The second kappa shape index (κ2) is 17.1. The molecule has 0 spiro atoms. The van der Waals surface area contributed by atoms with Crippen LogP contribution in [0.2, 0.25) is 0 Å². The van der Waals surface area contributed by atoms with Crippen LogP contribution >= 0.6 is 0 Å². The molecule has 0 fully saturated rings. The SMILES string of the molecule is Cn1cc[c-]c1-c1ccccn1.O/C(=C\C(=[OH+])c1ccccc1)c1ccccc1.[Pt].[c-]1ccccc1-c1[c-]cccc1. The number of benzene rings is 4. The van der Waals surface area contributed by atoms with E-state index in [2.05, 4.69) is 23.2 Å². The van der Waals surface area contributed by atoms with Gasteiger partial charge in [-0.05, 0) is 30.9 Å². The zero-order chi connectivity index (χ0) is 28.7. The minimum Gasteiger partial charge on any atom is -0.507 e. The summed E-state index contributed by atoms with van der Waals surface area (Å²) in [5.74, 6) is 0.0962. The summed E-state index contributed by atoms with van der Waals surface area (Å²) in [5.41, 5.74) is 5.53. The molecule has 0 saturated heterocycles. The van der Waals surface area contributed by atoms with E-state index in [0.717, 1.165) is 22.5 Å². The molecule has 2 heterocycles. The smallest absolute Gasteiger partial charge is 0.350 e. The molecule has 0 radical (unpaired) electrons. The molecule has 0 aliphatic rings. The van der Waals surface area contributed by atoms with E-state index in [4.69, 9.17) is 0 Å². The molecule has 0 aliphatic carbocycles. The van der Waals surface area contributed by atoms with E-state index in [0.29, 0.717) is 11.1 Å². The Labute approximate surface area is 261 Å². The summed E-state index contributed by atoms with van der Waals surface area (Å²) in [7, 11) is 1.99. The zero-order valence-corrected chi connectivity index (χ0v) is 25.3. The van der Waals surface area contributed by atoms with Crippen LogP contribution in [0.4, 0.5) is 0 Å². The van der Waals surface area contributed by atoms with Crippen LogP contribution in [0.3, 0.4) is 0 Å². The molecular weight excluding hydrogens is 699 g/mol. The number of hydrogen-bond donors (Lipinski definition) is 1. The molecule has 6 aromatic rings. The second-order valence-electron chi connectivity index (χ2n) is 8.83. The molecular formula is C37H30N2O2Pt-2. The molecule has 42 heavy (non-hydrogen) atoms. The Morgan fingerprint density at radius 1 is 0.690 bits per heavy atom. The number of pyridine rings is 1. The molecule has 4 aromatic carbocycles. The predicted molar refractivity (Wildman–Crippen MR) is 167 cm³/mol. The molecule has 4 nitrogen and oxygen atoms in total. The van der Waals surface area contributed by atoms with Crippen molar-refractivity contribution in [2.45, 2.75) is 0 Å². The van der Waals surface area contributed by atoms with Crippen molar-refractivity contribution >= 4 is 11.5 Å². The minimum atomic E-state index is 0. The molecule has 2 aromatic heterocycles. The van der Waals surface area contributed by atoms with Gasteiger partial charge in [-0.25, -0.2) is 11.1 Å². The number of allylic oxidation sites excluding steroid dienone is 1. The molecule has 0 aliphatic heterocycles. The number of aliphatic hydroxyl groups is 1. The van der Waals surface area contributed by atoms with Crippen LogP contribution < -0.4 is 0 Å². The van der Waals surface area contributed by atoms with Crippen molar-refractivity contribution in [2.24, 2.45) is 7.05 Å². The van der Waals surface area contributed by atoms with Crippen LogP contribution in [0.5, 0.6) is 0 Å². The van der Waals surface area contributed by atoms with Crippen molar-refractivity contribution in [3.05, 3.63) is 181 Å². The Morgan fingerprint density at radius 3 is 1.71 bits per heavy atom. The second-order valence-corrected chi connectivity index (χ2v) is 8.83. The maximum atomic E-state index is 9.83. The maximum absolute atomic E-state index is 9.83. The van der Waals surface area contributed by atoms with Crippen molar-refractivity contribution in [2.75, 3.05) is 0 Å². The largest absolute Gasteiger partial charge is 0.507 e. The monoisotopic (exact) mass is 729 g/mol. The van der Waals surface area contributed by atoms with Gasteiger partial charge < -0.3 is 14.7 Å². The predicted octanol–water partition coefficient (Wildman–Crippen LogP) is 8.02. The number of aromatic nitrogens is 2. The third kappa shape index (κ3) is 9.69. The van der Waals surface area contributed by atoms with Crippen molar-refractivity contribution in [1.29, 1.82) is 0 Å². The Hall–Kier alpha value is -4.79. The summed E-state index contributed by atoms with van der Waals surface area (Å²) in [6.07, 6.45) is 5.10. The van der Waals surface area contributed by atoms with E-state index in [9.17, 15) is 9.90 Å². The fourth-order valence-electron chi connectivity index (χ4n) is 3.80. The van der Waals surface area contributed by atoms with E-state index in [1.54, 1.807) is 30.5 Å². The van der Waals surface area contributed by atoms with Gasteiger partial charge in [0.15, 0.2) is 0 Å². The normalized spacial score (nSPS) is 10.2. The first kappa shape index (κ1) is 31.7. The average Bonchev–Trinajstić information content (AvgIpc) is 3.49. The summed E-state index contributed by atoms with van der Waals surface area (Å²) >= 11 is 0. The van der Waals surface area contributed by atoms with E-state index in [-0.39, 0.29) is 32.6 Å². The van der Waals surface area contributed by atoms with Crippen LogP contribution in [0.15, 0.2) is 152 Å². The Bertz CT molecular complexity index is 1600. The summed E-state index contributed by atoms with van der Waals surface area (Å²) in [6.45, 7) is 0. The van der Waals surface area contributed by atoms with E-state index < -0.39 is 0 Å². The summed E-state index contributed by atoms with van der Waals surface area (Å²) in [5, 5.41) is 9.83. The number of nitrogens with zero attached hydrogens (tertiary/aromatic N) is 2. The molecule has 0 unspecified atom stereocenters. The molecule has 212 valence electrons. The number of aliphatic hydroxyl groups excluding tert-OH is 1. The number of rotatable bonds is 5. The van der Waals surface area contributed by atoms with Crippen LogP contribution in [0.1, 0.15) is 11.1 Å². The number of hydrogen-bond acceptors (Lipinski definition) is 2. The Balaban J connectivity index is 0.000000175. The quantitative estimate of drug-likeness (QED) is 0.0643. The van der Waals surface area contributed by atoms with Gasteiger partial charge in [0.05, 0.1) is 11.6 Å². The van der Waals surface area contributed by atoms with Gasteiger partial charge in [-0.1, -0.05) is 72.6 Å². The van der Waals surface area contributed by atoms with Crippen molar-refractivity contribution in [1.82, 2.24) is 9.55 Å². The molecule has 0 saturated carbocycles. The van der Waals surface area contributed by atoms with Gasteiger partial charge in [0, 0.05) is 32.8 Å². The van der Waals surface area contributed by atoms with E-state index in [1.807, 2.05) is 127 Å². The zero-order valence-electron chi connectivity index (χ0n) is 23.0. The Morgan fingerprint density at radius 2 is 1.24 bits per heavy atom. The first-order chi connectivity index (χ1) is 20.1. The first-order valence-electron chi connectivity index (χ1n) is 13.1. The standard InChI is InChI=1S/C15H12O2.C12H8.C10H9N2.Pt/c16-14(12-7-3-1-4-8-12)11-15(17)13-9-5-2-6-10-13;1-3-7-11(8-4-1)12-9-5-2-6-10-12;1-12-8-4-6-10(12)9-5-2-3-7-11-9;/h1-11,16H;1-7,9H;2-5,7-8H,1H3;/q;-2;-1;/p+1/b14-11-;;;. The number of aryl methyl sites for hydroxylation is 1.